The smallest absolute Gasteiger partial charge is 0.247 e. The third-order valence-corrected chi connectivity index (χ3v) is 5.40. The van der Waals surface area contributed by atoms with E-state index < -0.39 is 16.1 Å². The highest BCUT2D eigenvalue weighted by Crippen LogP contribution is 2.25. The number of carbonyl (C=O) groups is 1. The zero-order valence-corrected chi connectivity index (χ0v) is 13.0. The van der Waals surface area contributed by atoms with Crippen molar-refractivity contribution < 1.29 is 17.9 Å². The van der Waals surface area contributed by atoms with Gasteiger partial charge in [0.05, 0.1) is 13.2 Å². The van der Waals surface area contributed by atoms with Gasteiger partial charge in [0.15, 0.2) is 0 Å². The molecule has 1 amide bonds. The number of hydrogen-bond donors (Lipinski definition) is 1. The molecule has 1 atom stereocenters. The number of nitrogens with one attached hydrogen (secondary N) is 1. The van der Waals surface area contributed by atoms with Crippen LogP contribution in [0, 0.1) is 0 Å². The van der Waals surface area contributed by atoms with E-state index in [2.05, 4.69) is 10.3 Å². The molecule has 1 aliphatic rings. The van der Waals surface area contributed by atoms with Crippen LogP contribution in [0.1, 0.15) is 6.92 Å². The summed E-state index contributed by atoms with van der Waals surface area (Å²) < 4.78 is 31.7. The fraction of sp³-hybridized carbons (Fsp3) is 0.500. The van der Waals surface area contributed by atoms with Crippen molar-refractivity contribution in [2.45, 2.75) is 17.9 Å². The number of halogens is 1. The van der Waals surface area contributed by atoms with Crippen LogP contribution in [0.3, 0.4) is 0 Å². The maximum Gasteiger partial charge on any atom is 0.247 e. The maximum absolute atomic E-state index is 12.7. The van der Waals surface area contributed by atoms with Crippen LogP contribution in [0.25, 0.3) is 0 Å². The Morgan fingerprint density at radius 1 is 1.62 bits per heavy atom. The minimum absolute atomic E-state index is 0.0168. The van der Waals surface area contributed by atoms with Crippen molar-refractivity contribution >= 4 is 27.5 Å². The number of sulfonamides is 1. The van der Waals surface area contributed by atoms with E-state index in [1.165, 1.54) is 18.3 Å². The SMILES string of the molecule is CCNC(=O)C1COCCN1S(=O)(=O)c1cccnc1Cl. The summed E-state index contributed by atoms with van der Waals surface area (Å²) in [6.07, 6.45) is 1.40. The summed E-state index contributed by atoms with van der Waals surface area (Å²) >= 11 is 5.87. The number of likely N-dealkylation sites (N-methyl/N-ethyl adjacent to an activating group) is 1. The molecule has 0 radical (unpaired) electrons. The van der Waals surface area contributed by atoms with E-state index in [9.17, 15) is 13.2 Å². The normalized spacial score (nSPS) is 20.2. The third kappa shape index (κ3) is 3.34. The van der Waals surface area contributed by atoms with Gasteiger partial charge in [-0.1, -0.05) is 11.6 Å². The van der Waals surface area contributed by atoms with Crippen molar-refractivity contribution in [1.82, 2.24) is 14.6 Å². The highest BCUT2D eigenvalue weighted by molar-refractivity contribution is 7.89. The summed E-state index contributed by atoms with van der Waals surface area (Å²) in [5, 5.41) is 2.50. The van der Waals surface area contributed by atoms with Crippen molar-refractivity contribution in [2.24, 2.45) is 0 Å². The lowest BCUT2D eigenvalue weighted by Crippen LogP contribution is -2.55. The molecule has 1 aliphatic heterocycles. The largest absolute Gasteiger partial charge is 0.378 e. The molecule has 116 valence electrons. The zero-order valence-electron chi connectivity index (χ0n) is 11.5. The molecule has 0 spiro atoms. The second kappa shape index (κ2) is 6.69. The molecular formula is C12H16ClN3O4S. The minimum Gasteiger partial charge on any atom is -0.378 e. The van der Waals surface area contributed by atoms with Crippen LogP contribution in [-0.4, -0.2) is 56.0 Å². The van der Waals surface area contributed by atoms with Gasteiger partial charge >= 0.3 is 0 Å². The second-order valence-corrected chi connectivity index (χ2v) is 6.61. The number of morpholine rings is 1. The topological polar surface area (TPSA) is 88.6 Å². The Kier molecular flexibility index (Phi) is 5.15. The first-order chi connectivity index (χ1) is 9.98. The second-order valence-electron chi connectivity index (χ2n) is 4.39. The van der Waals surface area contributed by atoms with Crippen LogP contribution >= 0.6 is 11.6 Å². The summed E-state index contributed by atoms with van der Waals surface area (Å²) in [4.78, 5) is 15.7. The van der Waals surface area contributed by atoms with E-state index in [-0.39, 0.29) is 35.7 Å². The first kappa shape index (κ1) is 16.2. The van der Waals surface area contributed by atoms with Gasteiger partial charge in [-0.15, -0.1) is 0 Å². The summed E-state index contributed by atoms with van der Waals surface area (Å²) in [6, 6.07) is 1.95. The molecule has 1 saturated heterocycles. The van der Waals surface area contributed by atoms with Gasteiger partial charge in [0.2, 0.25) is 15.9 Å². The fourth-order valence-corrected chi connectivity index (χ4v) is 4.05. The molecule has 2 heterocycles. The zero-order chi connectivity index (χ0) is 15.5. The summed E-state index contributed by atoms with van der Waals surface area (Å²) in [7, 11) is -3.91. The van der Waals surface area contributed by atoms with E-state index in [1.807, 2.05) is 0 Å². The van der Waals surface area contributed by atoms with Gasteiger partial charge in [0, 0.05) is 19.3 Å². The highest BCUT2D eigenvalue weighted by atomic mass is 35.5. The van der Waals surface area contributed by atoms with Crippen LogP contribution in [0.4, 0.5) is 0 Å². The standard InChI is InChI=1S/C12H16ClN3O4S/c1-2-14-12(17)9-8-20-7-6-16(9)21(18,19)10-4-3-5-15-11(10)13/h3-5,9H,2,6-8H2,1H3,(H,14,17). The molecule has 1 N–H and O–H groups in total. The van der Waals surface area contributed by atoms with Crippen molar-refractivity contribution in [1.29, 1.82) is 0 Å². The number of aromatic nitrogens is 1. The van der Waals surface area contributed by atoms with Crippen LogP contribution < -0.4 is 5.32 Å². The van der Waals surface area contributed by atoms with Crippen molar-refractivity contribution in [3.05, 3.63) is 23.5 Å². The summed E-state index contributed by atoms with van der Waals surface area (Å²) in [6.45, 7) is 2.51. The van der Waals surface area contributed by atoms with Gasteiger partial charge in [0.1, 0.15) is 16.1 Å². The number of amides is 1. The molecule has 1 fully saturated rings. The molecule has 1 aromatic rings. The lowest BCUT2D eigenvalue weighted by Gasteiger charge is -2.33. The van der Waals surface area contributed by atoms with Crippen LogP contribution in [0.5, 0.6) is 0 Å². The lowest BCUT2D eigenvalue weighted by atomic mass is 10.2. The van der Waals surface area contributed by atoms with Gasteiger partial charge in [-0.2, -0.15) is 4.31 Å². The molecule has 9 heteroatoms. The van der Waals surface area contributed by atoms with E-state index in [0.29, 0.717) is 6.54 Å². The summed E-state index contributed by atoms with van der Waals surface area (Å²) in [5.74, 6) is -0.388. The van der Waals surface area contributed by atoms with E-state index in [4.69, 9.17) is 16.3 Å². The van der Waals surface area contributed by atoms with Crippen LogP contribution in [0.2, 0.25) is 5.15 Å². The quantitative estimate of drug-likeness (QED) is 0.798. The van der Waals surface area contributed by atoms with Gasteiger partial charge < -0.3 is 10.1 Å². The fourth-order valence-electron chi connectivity index (χ4n) is 2.06. The average Bonchev–Trinajstić information content (AvgIpc) is 2.48. The Bertz CT molecular complexity index is 623. The van der Waals surface area contributed by atoms with Crippen molar-refractivity contribution in [3.63, 3.8) is 0 Å². The van der Waals surface area contributed by atoms with Crippen molar-refractivity contribution in [3.8, 4) is 0 Å². The molecule has 0 aromatic carbocycles. The number of ether oxygens (including phenoxy) is 1. The third-order valence-electron chi connectivity index (χ3n) is 3.04. The molecule has 0 aliphatic carbocycles. The number of rotatable bonds is 4. The highest BCUT2D eigenvalue weighted by Gasteiger charge is 2.39. The van der Waals surface area contributed by atoms with Crippen LogP contribution in [-0.2, 0) is 19.6 Å². The monoisotopic (exact) mass is 333 g/mol. The number of carbonyl (C=O) groups excluding carboxylic acids is 1. The van der Waals surface area contributed by atoms with Gasteiger partial charge in [-0.3, -0.25) is 4.79 Å². The van der Waals surface area contributed by atoms with Gasteiger partial charge in [-0.25, -0.2) is 13.4 Å². The Labute approximate surface area is 128 Å². The molecular weight excluding hydrogens is 318 g/mol. The Hall–Kier alpha value is -1.22. The molecule has 1 unspecified atom stereocenters. The molecule has 21 heavy (non-hydrogen) atoms. The number of hydrogen-bond acceptors (Lipinski definition) is 5. The van der Waals surface area contributed by atoms with E-state index in [0.717, 1.165) is 4.31 Å². The van der Waals surface area contributed by atoms with E-state index in [1.54, 1.807) is 6.92 Å². The predicted molar refractivity (Wildman–Crippen MR) is 76.4 cm³/mol. The Balaban J connectivity index is 2.36. The maximum atomic E-state index is 12.7. The number of pyridine rings is 1. The average molecular weight is 334 g/mol. The number of nitrogens with zero attached hydrogens (tertiary/aromatic N) is 2. The Morgan fingerprint density at radius 3 is 3.05 bits per heavy atom. The first-order valence-corrected chi connectivity index (χ1v) is 8.28. The molecule has 0 bridgehead atoms. The molecule has 7 nitrogen and oxygen atoms in total. The summed E-state index contributed by atoms with van der Waals surface area (Å²) in [5.41, 5.74) is 0. The van der Waals surface area contributed by atoms with E-state index >= 15 is 0 Å². The lowest BCUT2D eigenvalue weighted by molar-refractivity contribution is -0.129. The van der Waals surface area contributed by atoms with Gasteiger partial charge in [-0.05, 0) is 19.1 Å². The van der Waals surface area contributed by atoms with Gasteiger partial charge in [0.25, 0.3) is 0 Å². The predicted octanol–water partition coefficient (Wildman–Crippen LogP) is 0.261. The molecule has 0 saturated carbocycles. The molecule has 2 rings (SSSR count). The molecule has 1 aromatic heterocycles. The van der Waals surface area contributed by atoms with Crippen molar-refractivity contribution in [2.75, 3.05) is 26.3 Å². The minimum atomic E-state index is -3.91. The first-order valence-electron chi connectivity index (χ1n) is 6.46. The Morgan fingerprint density at radius 2 is 2.38 bits per heavy atom. The van der Waals surface area contributed by atoms with Crippen LogP contribution in [0.15, 0.2) is 23.2 Å².